The van der Waals surface area contributed by atoms with Gasteiger partial charge in [0.15, 0.2) is 5.78 Å². The number of nitrogens with one attached hydrogen (secondary N) is 1. The number of carbonyl (C=O) groups is 1. The highest BCUT2D eigenvalue weighted by atomic mass is 35.5. The minimum absolute atomic E-state index is 0.0271. The Morgan fingerprint density at radius 3 is 2.18 bits per heavy atom. The summed E-state index contributed by atoms with van der Waals surface area (Å²) in [7, 11) is -3.70. The number of allylic oxidation sites excluding steroid dienone is 1. The molecule has 0 unspecified atom stereocenters. The van der Waals surface area contributed by atoms with E-state index in [9.17, 15) is 13.2 Å². The summed E-state index contributed by atoms with van der Waals surface area (Å²) in [4.78, 5) is 11.9. The molecule has 3 N–H and O–H groups in total. The Bertz CT molecular complexity index is 798. The molecule has 2 aromatic carbocycles. The van der Waals surface area contributed by atoms with Gasteiger partial charge >= 0.3 is 0 Å². The lowest BCUT2D eigenvalue weighted by Crippen LogP contribution is -2.11. The molecule has 2 rings (SSSR count). The molecule has 0 saturated carbocycles. The first-order chi connectivity index (χ1) is 10.4. The van der Waals surface area contributed by atoms with E-state index in [2.05, 4.69) is 5.32 Å². The van der Waals surface area contributed by atoms with Gasteiger partial charge in [0.25, 0.3) is 0 Å². The molecular formula is C15H13ClN2O3S. The summed E-state index contributed by atoms with van der Waals surface area (Å²) in [6.45, 7) is 0. The Kier molecular flexibility index (Phi) is 4.97. The van der Waals surface area contributed by atoms with Gasteiger partial charge in [-0.3, -0.25) is 4.79 Å². The number of sulfonamides is 1. The van der Waals surface area contributed by atoms with Gasteiger partial charge in [0.05, 0.1) is 4.90 Å². The second-order valence-electron chi connectivity index (χ2n) is 4.42. The van der Waals surface area contributed by atoms with Crippen molar-refractivity contribution in [3.8, 4) is 0 Å². The van der Waals surface area contributed by atoms with Crippen LogP contribution >= 0.6 is 11.6 Å². The Labute approximate surface area is 133 Å². The van der Waals surface area contributed by atoms with E-state index in [1.165, 1.54) is 24.4 Å². The van der Waals surface area contributed by atoms with E-state index in [1.807, 2.05) is 0 Å². The molecule has 0 aromatic heterocycles. The summed E-state index contributed by atoms with van der Waals surface area (Å²) in [6, 6.07) is 12.4. The molecule has 0 aliphatic rings. The van der Waals surface area contributed by atoms with E-state index < -0.39 is 10.0 Å². The van der Waals surface area contributed by atoms with Gasteiger partial charge in [-0.25, -0.2) is 13.6 Å². The predicted octanol–water partition coefficient (Wildman–Crippen LogP) is 2.80. The van der Waals surface area contributed by atoms with E-state index in [4.69, 9.17) is 16.7 Å². The van der Waals surface area contributed by atoms with Crippen molar-refractivity contribution in [2.75, 3.05) is 5.32 Å². The molecule has 0 aliphatic carbocycles. The zero-order chi connectivity index (χ0) is 16.2. The Morgan fingerprint density at radius 1 is 1.05 bits per heavy atom. The molecule has 0 fully saturated rings. The van der Waals surface area contributed by atoms with Gasteiger partial charge in [0.1, 0.15) is 0 Å². The summed E-state index contributed by atoms with van der Waals surface area (Å²) in [6.07, 6.45) is 2.85. The maximum Gasteiger partial charge on any atom is 0.238 e. The van der Waals surface area contributed by atoms with Gasteiger partial charge in [0.2, 0.25) is 10.0 Å². The molecule has 0 spiro atoms. The molecule has 2 aromatic rings. The van der Waals surface area contributed by atoms with Crippen LogP contribution in [0.3, 0.4) is 0 Å². The maximum atomic E-state index is 11.9. The third-order valence-corrected chi connectivity index (χ3v) is 3.98. The first kappa shape index (κ1) is 16.2. The van der Waals surface area contributed by atoms with E-state index in [0.717, 1.165) is 0 Å². The van der Waals surface area contributed by atoms with Crippen LogP contribution in [0.1, 0.15) is 10.4 Å². The summed E-state index contributed by atoms with van der Waals surface area (Å²) >= 11 is 5.75. The topological polar surface area (TPSA) is 89.3 Å². The second-order valence-corrected chi connectivity index (χ2v) is 6.42. The van der Waals surface area contributed by atoms with Crippen LogP contribution in [-0.4, -0.2) is 14.2 Å². The largest absolute Gasteiger partial charge is 0.362 e. The molecule has 0 aliphatic heterocycles. The number of primary sulfonamides is 1. The van der Waals surface area contributed by atoms with Crippen molar-refractivity contribution < 1.29 is 13.2 Å². The SMILES string of the molecule is NS(=O)(=O)c1ccc(N/C=C/C(=O)c2ccc(Cl)cc2)cc1. The van der Waals surface area contributed by atoms with Crippen LogP contribution < -0.4 is 10.5 Å². The van der Waals surface area contributed by atoms with Crippen LogP contribution in [-0.2, 0) is 10.0 Å². The van der Waals surface area contributed by atoms with E-state index >= 15 is 0 Å². The lowest BCUT2D eigenvalue weighted by molar-refractivity contribution is 0.104. The Morgan fingerprint density at radius 2 is 1.64 bits per heavy atom. The van der Waals surface area contributed by atoms with Gasteiger partial charge in [0, 0.05) is 28.5 Å². The van der Waals surface area contributed by atoms with Gasteiger partial charge in [-0.15, -0.1) is 0 Å². The van der Waals surface area contributed by atoms with Gasteiger partial charge < -0.3 is 5.32 Å². The van der Waals surface area contributed by atoms with E-state index in [1.54, 1.807) is 36.4 Å². The molecule has 0 bridgehead atoms. The van der Waals surface area contributed by atoms with E-state index in [0.29, 0.717) is 16.3 Å². The molecule has 0 atom stereocenters. The first-order valence-corrected chi connectivity index (χ1v) is 8.14. The number of hydrogen-bond acceptors (Lipinski definition) is 4. The molecular weight excluding hydrogens is 324 g/mol. The fraction of sp³-hybridized carbons (Fsp3) is 0. The number of benzene rings is 2. The second kappa shape index (κ2) is 6.74. The maximum absolute atomic E-state index is 11.9. The monoisotopic (exact) mass is 336 g/mol. The van der Waals surface area contributed by atoms with Crippen LogP contribution in [0.4, 0.5) is 5.69 Å². The number of halogens is 1. The highest BCUT2D eigenvalue weighted by Crippen LogP contribution is 2.13. The molecule has 7 heteroatoms. The first-order valence-electron chi connectivity index (χ1n) is 6.22. The minimum atomic E-state index is -3.70. The van der Waals surface area contributed by atoms with Crippen LogP contribution in [0.5, 0.6) is 0 Å². The summed E-state index contributed by atoms with van der Waals surface area (Å²) in [5.41, 5.74) is 1.15. The number of anilines is 1. The number of carbonyl (C=O) groups excluding carboxylic acids is 1. The number of nitrogens with two attached hydrogens (primary N) is 1. The van der Waals surface area contributed by atoms with E-state index in [-0.39, 0.29) is 10.7 Å². The summed E-state index contributed by atoms with van der Waals surface area (Å²) < 4.78 is 22.2. The minimum Gasteiger partial charge on any atom is -0.362 e. The molecule has 114 valence electrons. The lowest BCUT2D eigenvalue weighted by atomic mass is 10.1. The van der Waals surface area contributed by atoms with Crippen molar-refractivity contribution in [2.45, 2.75) is 4.90 Å². The zero-order valence-electron chi connectivity index (χ0n) is 11.4. The lowest BCUT2D eigenvalue weighted by Gasteiger charge is -2.02. The van der Waals surface area contributed by atoms with Crippen LogP contribution in [0.25, 0.3) is 0 Å². The van der Waals surface area contributed by atoms with Crippen molar-refractivity contribution in [3.63, 3.8) is 0 Å². The normalized spacial score (nSPS) is 11.5. The van der Waals surface area contributed by atoms with Gasteiger partial charge in [-0.2, -0.15) is 0 Å². The van der Waals surface area contributed by atoms with Crippen molar-refractivity contribution in [2.24, 2.45) is 5.14 Å². The number of ketones is 1. The van der Waals surface area contributed by atoms with Crippen LogP contribution in [0.2, 0.25) is 5.02 Å². The average molecular weight is 337 g/mol. The molecule has 5 nitrogen and oxygen atoms in total. The molecule has 0 saturated heterocycles. The number of rotatable bonds is 5. The van der Waals surface area contributed by atoms with Crippen molar-refractivity contribution >= 4 is 33.1 Å². The smallest absolute Gasteiger partial charge is 0.238 e. The summed E-state index contributed by atoms with van der Waals surface area (Å²) in [5.74, 6) is -0.176. The number of hydrogen-bond donors (Lipinski definition) is 2. The third-order valence-electron chi connectivity index (χ3n) is 2.80. The van der Waals surface area contributed by atoms with Crippen molar-refractivity contribution in [3.05, 3.63) is 71.4 Å². The Balaban J connectivity index is 2.00. The fourth-order valence-electron chi connectivity index (χ4n) is 1.66. The summed E-state index contributed by atoms with van der Waals surface area (Å²) in [5, 5.41) is 8.44. The van der Waals surface area contributed by atoms with Crippen molar-refractivity contribution in [1.29, 1.82) is 0 Å². The predicted molar refractivity (Wildman–Crippen MR) is 86.4 cm³/mol. The van der Waals surface area contributed by atoms with Crippen LogP contribution in [0, 0.1) is 0 Å². The Hall–Kier alpha value is -2.15. The zero-order valence-corrected chi connectivity index (χ0v) is 12.9. The highest BCUT2D eigenvalue weighted by molar-refractivity contribution is 7.89. The third kappa shape index (κ3) is 4.42. The van der Waals surface area contributed by atoms with Crippen LogP contribution in [0.15, 0.2) is 65.7 Å². The highest BCUT2D eigenvalue weighted by Gasteiger charge is 2.06. The standard InChI is InChI=1S/C15H13ClN2O3S/c16-12-3-1-11(2-4-12)15(19)9-10-18-13-5-7-14(8-6-13)22(17,20)21/h1-10,18H,(H2,17,20,21)/b10-9+. The van der Waals surface area contributed by atoms with Crippen molar-refractivity contribution in [1.82, 2.24) is 0 Å². The molecule has 0 amide bonds. The van der Waals surface area contributed by atoms with Gasteiger partial charge in [-0.1, -0.05) is 11.6 Å². The quantitative estimate of drug-likeness (QED) is 0.649. The fourth-order valence-corrected chi connectivity index (χ4v) is 2.31. The molecule has 0 heterocycles. The molecule has 0 radical (unpaired) electrons. The average Bonchev–Trinajstić information content (AvgIpc) is 2.47. The molecule has 22 heavy (non-hydrogen) atoms. The van der Waals surface area contributed by atoms with Gasteiger partial charge in [-0.05, 0) is 48.5 Å².